The molecule has 0 radical (unpaired) electrons. The third-order valence-electron chi connectivity index (χ3n) is 3.16. The van der Waals surface area contributed by atoms with Crippen molar-refractivity contribution in [2.45, 2.75) is 19.3 Å². The maximum atomic E-state index is 10.6. The molecule has 1 aromatic rings. The van der Waals surface area contributed by atoms with Gasteiger partial charge in [-0.05, 0) is 49.9 Å². The van der Waals surface area contributed by atoms with Crippen molar-refractivity contribution in [3.05, 3.63) is 33.9 Å². The van der Waals surface area contributed by atoms with Crippen LogP contribution in [0.5, 0.6) is 5.75 Å². The average Bonchev–Trinajstić information content (AvgIpc) is 2.30. The molecule has 0 bridgehead atoms. The van der Waals surface area contributed by atoms with E-state index in [0.717, 1.165) is 25.1 Å². The molecule has 1 heterocycles. The first kappa shape index (κ1) is 11.9. The summed E-state index contributed by atoms with van der Waals surface area (Å²) in [6.07, 6.45) is 3.20. The summed E-state index contributed by atoms with van der Waals surface area (Å²) >= 11 is 0. The van der Waals surface area contributed by atoms with Gasteiger partial charge in [0.1, 0.15) is 0 Å². The molecular formula is C12H16N2O3. The van der Waals surface area contributed by atoms with Crippen LogP contribution in [0.15, 0.2) is 18.2 Å². The van der Waals surface area contributed by atoms with Gasteiger partial charge in [-0.1, -0.05) is 6.07 Å². The molecule has 1 aliphatic heterocycles. The lowest BCUT2D eigenvalue weighted by atomic mass is 9.92. The van der Waals surface area contributed by atoms with Crippen molar-refractivity contribution in [3.8, 4) is 5.75 Å². The first-order valence-electron chi connectivity index (χ1n) is 5.84. The fourth-order valence-electron chi connectivity index (χ4n) is 2.28. The minimum atomic E-state index is -0.568. The Morgan fingerprint density at radius 3 is 2.94 bits per heavy atom. The Balaban J connectivity index is 2.06. The Labute approximate surface area is 99.6 Å². The molecule has 0 spiro atoms. The number of nitro groups is 1. The number of aromatic hydroxyl groups is 1. The monoisotopic (exact) mass is 236 g/mol. The lowest BCUT2D eigenvalue weighted by Gasteiger charge is -2.22. The first-order valence-corrected chi connectivity index (χ1v) is 5.84. The van der Waals surface area contributed by atoms with E-state index < -0.39 is 4.92 Å². The molecule has 1 unspecified atom stereocenters. The number of rotatable bonds is 3. The molecule has 1 saturated heterocycles. The second kappa shape index (κ2) is 5.14. The summed E-state index contributed by atoms with van der Waals surface area (Å²) in [4.78, 5) is 9.99. The number of nitrogens with one attached hydrogen (secondary N) is 1. The Kier molecular flexibility index (Phi) is 3.58. The Hall–Kier alpha value is -1.62. The largest absolute Gasteiger partial charge is 0.502 e. The Morgan fingerprint density at radius 2 is 2.35 bits per heavy atom. The number of piperidine rings is 1. The van der Waals surface area contributed by atoms with Crippen molar-refractivity contribution < 1.29 is 10.0 Å². The molecule has 1 fully saturated rings. The lowest BCUT2D eigenvalue weighted by molar-refractivity contribution is -0.385. The highest BCUT2D eigenvalue weighted by molar-refractivity contribution is 5.47. The highest BCUT2D eigenvalue weighted by Crippen LogP contribution is 2.28. The van der Waals surface area contributed by atoms with Gasteiger partial charge in [0.2, 0.25) is 0 Å². The van der Waals surface area contributed by atoms with Gasteiger partial charge in [-0.3, -0.25) is 10.1 Å². The van der Waals surface area contributed by atoms with Crippen LogP contribution in [0.4, 0.5) is 5.69 Å². The molecule has 5 nitrogen and oxygen atoms in total. The van der Waals surface area contributed by atoms with Gasteiger partial charge in [-0.2, -0.15) is 0 Å². The van der Waals surface area contributed by atoms with E-state index in [1.807, 2.05) is 0 Å². The zero-order valence-electron chi connectivity index (χ0n) is 9.56. The smallest absolute Gasteiger partial charge is 0.310 e. The van der Waals surface area contributed by atoms with Crippen LogP contribution in [0.25, 0.3) is 0 Å². The molecule has 1 aromatic carbocycles. The number of nitrogens with zero attached hydrogens (tertiary/aromatic N) is 1. The molecule has 1 aliphatic rings. The fraction of sp³-hybridized carbons (Fsp3) is 0.500. The van der Waals surface area contributed by atoms with E-state index in [4.69, 9.17) is 0 Å². The molecule has 0 aromatic heterocycles. The molecule has 5 heteroatoms. The van der Waals surface area contributed by atoms with E-state index in [9.17, 15) is 15.2 Å². The Morgan fingerprint density at radius 1 is 1.53 bits per heavy atom. The highest BCUT2D eigenvalue weighted by atomic mass is 16.6. The van der Waals surface area contributed by atoms with E-state index >= 15 is 0 Å². The van der Waals surface area contributed by atoms with Gasteiger partial charge in [0.05, 0.1) is 4.92 Å². The van der Waals surface area contributed by atoms with Crippen LogP contribution >= 0.6 is 0 Å². The summed E-state index contributed by atoms with van der Waals surface area (Å²) in [5, 5.41) is 23.4. The van der Waals surface area contributed by atoms with E-state index in [1.54, 1.807) is 6.07 Å². The van der Waals surface area contributed by atoms with Crippen molar-refractivity contribution in [3.63, 3.8) is 0 Å². The zero-order chi connectivity index (χ0) is 12.3. The third-order valence-corrected chi connectivity index (χ3v) is 3.16. The normalized spacial score (nSPS) is 20.1. The summed E-state index contributed by atoms with van der Waals surface area (Å²) < 4.78 is 0. The van der Waals surface area contributed by atoms with Crippen molar-refractivity contribution in [1.29, 1.82) is 0 Å². The van der Waals surface area contributed by atoms with Crippen LogP contribution in [-0.2, 0) is 6.42 Å². The highest BCUT2D eigenvalue weighted by Gasteiger charge is 2.17. The van der Waals surface area contributed by atoms with Gasteiger partial charge in [0.25, 0.3) is 0 Å². The van der Waals surface area contributed by atoms with Crippen molar-refractivity contribution >= 4 is 5.69 Å². The minimum Gasteiger partial charge on any atom is -0.502 e. The topological polar surface area (TPSA) is 75.4 Å². The van der Waals surface area contributed by atoms with Crippen molar-refractivity contribution in [1.82, 2.24) is 5.32 Å². The number of hydrogen-bond donors (Lipinski definition) is 2. The molecule has 17 heavy (non-hydrogen) atoms. The van der Waals surface area contributed by atoms with E-state index in [-0.39, 0.29) is 11.4 Å². The first-order chi connectivity index (χ1) is 8.16. The van der Waals surface area contributed by atoms with E-state index in [1.165, 1.54) is 25.0 Å². The van der Waals surface area contributed by atoms with Gasteiger partial charge in [-0.15, -0.1) is 0 Å². The van der Waals surface area contributed by atoms with Gasteiger partial charge >= 0.3 is 5.69 Å². The molecule has 0 saturated carbocycles. The average molecular weight is 236 g/mol. The standard InChI is InChI=1S/C12H16N2O3/c15-12-7-9(3-4-11(12)14(16)17)6-10-2-1-5-13-8-10/h3-4,7,10,13,15H,1-2,5-6,8H2. The van der Waals surface area contributed by atoms with E-state index in [2.05, 4.69) is 5.32 Å². The van der Waals surface area contributed by atoms with E-state index in [0.29, 0.717) is 5.92 Å². The molecular weight excluding hydrogens is 220 g/mol. The molecule has 1 atom stereocenters. The van der Waals surface area contributed by atoms with Gasteiger partial charge in [0, 0.05) is 6.07 Å². The minimum absolute atomic E-state index is 0.226. The third kappa shape index (κ3) is 2.94. The van der Waals surface area contributed by atoms with Crippen LogP contribution in [-0.4, -0.2) is 23.1 Å². The molecule has 92 valence electrons. The number of benzene rings is 1. The Bertz CT molecular complexity index is 414. The summed E-state index contributed by atoms with van der Waals surface area (Å²) in [6, 6.07) is 4.61. The molecule has 0 aliphatic carbocycles. The number of nitro benzene ring substituents is 1. The predicted molar refractivity (Wildman–Crippen MR) is 64.1 cm³/mol. The van der Waals surface area contributed by atoms with Gasteiger partial charge in [0.15, 0.2) is 5.75 Å². The van der Waals surface area contributed by atoms with Crippen molar-refractivity contribution in [2.75, 3.05) is 13.1 Å². The van der Waals surface area contributed by atoms with Crippen LogP contribution in [0, 0.1) is 16.0 Å². The summed E-state index contributed by atoms with van der Waals surface area (Å²) in [5.41, 5.74) is 0.734. The number of phenols is 1. The van der Waals surface area contributed by atoms with Crippen LogP contribution < -0.4 is 5.32 Å². The number of hydrogen-bond acceptors (Lipinski definition) is 4. The zero-order valence-corrected chi connectivity index (χ0v) is 9.56. The molecule has 0 amide bonds. The van der Waals surface area contributed by atoms with Gasteiger partial charge in [-0.25, -0.2) is 0 Å². The van der Waals surface area contributed by atoms with Gasteiger partial charge < -0.3 is 10.4 Å². The summed E-state index contributed by atoms with van der Waals surface area (Å²) in [5.74, 6) is 0.320. The summed E-state index contributed by atoms with van der Waals surface area (Å²) in [6.45, 7) is 2.06. The van der Waals surface area contributed by atoms with Crippen molar-refractivity contribution in [2.24, 2.45) is 5.92 Å². The van der Waals surface area contributed by atoms with Crippen LogP contribution in [0.3, 0.4) is 0 Å². The quantitative estimate of drug-likeness (QED) is 0.620. The SMILES string of the molecule is O=[N+]([O-])c1ccc(CC2CCCNC2)cc1O. The van der Waals surface area contributed by atoms with Crippen LogP contribution in [0.1, 0.15) is 18.4 Å². The summed E-state index contributed by atoms with van der Waals surface area (Å²) in [7, 11) is 0. The van der Waals surface area contributed by atoms with Crippen LogP contribution in [0.2, 0.25) is 0 Å². The number of phenolic OH excluding ortho intramolecular Hbond substituents is 1. The lowest BCUT2D eigenvalue weighted by Crippen LogP contribution is -2.30. The fourth-order valence-corrected chi connectivity index (χ4v) is 2.28. The maximum Gasteiger partial charge on any atom is 0.310 e. The maximum absolute atomic E-state index is 10.6. The second-order valence-electron chi connectivity index (χ2n) is 4.50. The molecule has 2 rings (SSSR count). The molecule has 2 N–H and O–H groups in total. The second-order valence-corrected chi connectivity index (χ2v) is 4.50. The predicted octanol–water partition coefficient (Wildman–Crippen LogP) is 1.84.